The molecule has 2 aromatic carbocycles. The molecule has 8 heteroatoms. The second kappa shape index (κ2) is 7.03. The van der Waals surface area contributed by atoms with E-state index < -0.39 is 15.8 Å². The average molecular weight is 416 g/mol. The molecular formula is C20H17FN2O3S2. The van der Waals surface area contributed by atoms with Crippen LogP contribution in [0.2, 0.25) is 0 Å². The molecule has 4 rings (SSSR count). The maximum atomic E-state index is 13.5. The molecule has 0 fully saturated rings. The standard InChI is InChI=1S/C20H17FN2O3S2/c1-13-4-6-15(21)11-19(13)28(25,26)22-16-7-5-14-8-9-23(17(14)12-16)20(24)18-3-2-10-27-18/h2-7,10-12,22H,8-9H2,1H3. The van der Waals surface area contributed by atoms with Gasteiger partial charge in [-0.05, 0) is 60.2 Å². The summed E-state index contributed by atoms with van der Waals surface area (Å²) in [6.45, 7) is 2.16. The maximum absolute atomic E-state index is 13.5. The van der Waals surface area contributed by atoms with Gasteiger partial charge in [0.15, 0.2) is 0 Å². The number of benzene rings is 2. The number of sulfonamides is 1. The van der Waals surface area contributed by atoms with Crippen LogP contribution in [-0.4, -0.2) is 20.9 Å². The highest BCUT2D eigenvalue weighted by molar-refractivity contribution is 7.92. The quantitative estimate of drug-likeness (QED) is 0.693. The average Bonchev–Trinajstić information content (AvgIpc) is 3.32. The molecule has 0 spiro atoms. The van der Waals surface area contributed by atoms with Gasteiger partial charge in [0.05, 0.1) is 15.5 Å². The van der Waals surface area contributed by atoms with Crippen molar-refractivity contribution in [3.63, 3.8) is 0 Å². The minimum atomic E-state index is -3.96. The van der Waals surface area contributed by atoms with E-state index in [9.17, 15) is 17.6 Å². The highest BCUT2D eigenvalue weighted by Gasteiger charge is 2.27. The zero-order valence-electron chi connectivity index (χ0n) is 15.0. The van der Waals surface area contributed by atoms with Crippen molar-refractivity contribution < 1.29 is 17.6 Å². The first kappa shape index (κ1) is 18.6. The van der Waals surface area contributed by atoms with Crippen LogP contribution >= 0.6 is 11.3 Å². The van der Waals surface area contributed by atoms with Crippen LogP contribution in [0.5, 0.6) is 0 Å². The third kappa shape index (κ3) is 3.41. The van der Waals surface area contributed by atoms with Crippen LogP contribution in [0.3, 0.4) is 0 Å². The van der Waals surface area contributed by atoms with Crippen molar-refractivity contribution in [1.82, 2.24) is 0 Å². The molecule has 0 radical (unpaired) electrons. The second-order valence-electron chi connectivity index (χ2n) is 6.54. The summed E-state index contributed by atoms with van der Waals surface area (Å²) < 4.78 is 41.5. The number of fused-ring (bicyclic) bond motifs is 1. The van der Waals surface area contributed by atoms with Gasteiger partial charge in [-0.1, -0.05) is 18.2 Å². The number of hydrogen-bond donors (Lipinski definition) is 1. The molecule has 1 aliphatic heterocycles. The van der Waals surface area contributed by atoms with Crippen LogP contribution in [0.4, 0.5) is 15.8 Å². The third-order valence-electron chi connectivity index (χ3n) is 4.65. The molecule has 144 valence electrons. The Morgan fingerprint density at radius 3 is 2.75 bits per heavy atom. The lowest BCUT2D eigenvalue weighted by Crippen LogP contribution is -2.28. The zero-order valence-corrected chi connectivity index (χ0v) is 16.6. The number of aryl methyl sites for hydroxylation is 1. The van der Waals surface area contributed by atoms with Gasteiger partial charge in [-0.2, -0.15) is 0 Å². The fourth-order valence-corrected chi connectivity index (χ4v) is 5.24. The third-order valence-corrected chi connectivity index (χ3v) is 7.03. The first-order valence-electron chi connectivity index (χ1n) is 8.62. The van der Waals surface area contributed by atoms with Crippen LogP contribution in [0.1, 0.15) is 20.8 Å². The predicted octanol–water partition coefficient (Wildman–Crippen LogP) is 4.20. The summed E-state index contributed by atoms with van der Waals surface area (Å²) in [6.07, 6.45) is 0.711. The molecule has 3 aromatic rings. The van der Waals surface area contributed by atoms with Gasteiger partial charge in [0.2, 0.25) is 0 Å². The fourth-order valence-electron chi connectivity index (χ4n) is 3.26. The predicted molar refractivity (Wildman–Crippen MR) is 108 cm³/mol. The molecule has 0 bridgehead atoms. The molecule has 5 nitrogen and oxygen atoms in total. The number of rotatable bonds is 4. The number of halogens is 1. The number of thiophene rings is 1. The summed E-state index contributed by atoms with van der Waals surface area (Å²) in [6, 6.07) is 12.4. The Labute approximate surface area is 166 Å². The van der Waals surface area contributed by atoms with Gasteiger partial charge in [0, 0.05) is 12.2 Å². The highest BCUT2D eigenvalue weighted by Crippen LogP contribution is 2.33. The summed E-state index contributed by atoms with van der Waals surface area (Å²) in [7, 11) is -3.96. The lowest BCUT2D eigenvalue weighted by Gasteiger charge is -2.18. The molecule has 0 unspecified atom stereocenters. The van der Waals surface area contributed by atoms with Gasteiger partial charge in [-0.15, -0.1) is 11.3 Å². The van der Waals surface area contributed by atoms with Crippen LogP contribution in [0, 0.1) is 12.7 Å². The summed E-state index contributed by atoms with van der Waals surface area (Å²) in [4.78, 5) is 14.9. The van der Waals surface area contributed by atoms with Crippen LogP contribution in [0.25, 0.3) is 0 Å². The van der Waals surface area contributed by atoms with Gasteiger partial charge < -0.3 is 4.90 Å². The van der Waals surface area contributed by atoms with Gasteiger partial charge in [-0.3, -0.25) is 9.52 Å². The van der Waals surface area contributed by atoms with Crippen molar-refractivity contribution in [3.05, 3.63) is 75.7 Å². The van der Waals surface area contributed by atoms with Crippen molar-refractivity contribution in [1.29, 1.82) is 0 Å². The molecule has 1 amide bonds. The molecule has 2 heterocycles. The van der Waals surface area contributed by atoms with E-state index in [-0.39, 0.29) is 10.8 Å². The molecule has 1 N–H and O–H groups in total. The smallest absolute Gasteiger partial charge is 0.268 e. The lowest BCUT2D eigenvalue weighted by molar-refractivity contribution is 0.0993. The van der Waals surface area contributed by atoms with E-state index in [4.69, 9.17) is 0 Å². The summed E-state index contributed by atoms with van der Waals surface area (Å²) in [5.74, 6) is -0.720. The van der Waals surface area contributed by atoms with E-state index in [1.165, 1.54) is 23.5 Å². The first-order valence-corrected chi connectivity index (χ1v) is 11.0. The van der Waals surface area contributed by atoms with Crippen LogP contribution < -0.4 is 9.62 Å². The Morgan fingerprint density at radius 1 is 1.18 bits per heavy atom. The largest absolute Gasteiger partial charge is 0.307 e. The number of carbonyl (C=O) groups is 1. The second-order valence-corrected chi connectivity index (χ2v) is 9.14. The molecule has 0 aliphatic carbocycles. The van der Waals surface area contributed by atoms with Crippen LogP contribution in [-0.2, 0) is 16.4 Å². The maximum Gasteiger partial charge on any atom is 0.268 e. The molecule has 28 heavy (non-hydrogen) atoms. The molecule has 1 aromatic heterocycles. The molecule has 1 aliphatic rings. The van der Waals surface area contributed by atoms with Crippen molar-refractivity contribution >= 4 is 38.6 Å². The minimum absolute atomic E-state index is 0.102. The Kier molecular flexibility index (Phi) is 4.68. The fraction of sp³-hybridized carbons (Fsp3) is 0.150. The lowest BCUT2D eigenvalue weighted by atomic mass is 10.1. The summed E-state index contributed by atoms with van der Waals surface area (Å²) >= 11 is 1.37. The summed E-state index contributed by atoms with van der Waals surface area (Å²) in [5.41, 5.74) is 2.45. The number of anilines is 2. The van der Waals surface area contributed by atoms with Gasteiger partial charge >= 0.3 is 0 Å². The van der Waals surface area contributed by atoms with E-state index in [1.807, 2.05) is 17.5 Å². The number of amides is 1. The minimum Gasteiger partial charge on any atom is -0.307 e. The van der Waals surface area contributed by atoms with E-state index in [0.29, 0.717) is 34.8 Å². The van der Waals surface area contributed by atoms with Crippen molar-refractivity contribution in [2.75, 3.05) is 16.2 Å². The van der Waals surface area contributed by atoms with E-state index in [1.54, 1.807) is 30.0 Å². The summed E-state index contributed by atoms with van der Waals surface area (Å²) in [5, 5.41) is 1.84. The molecule has 0 saturated heterocycles. The Hall–Kier alpha value is -2.71. The zero-order chi connectivity index (χ0) is 19.9. The molecular weight excluding hydrogens is 399 g/mol. The molecule has 0 atom stereocenters. The Bertz CT molecular complexity index is 1160. The normalized spacial score (nSPS) is 13.4. The SMILES string of the molecule is Cc1ccc(F)cc1S(=O)(=O)Nc1ccc2c(c1)N(C(=O)c1cccs1)CC2. The van der Waals surface area contributed by atoms with Crippen molar-refractivity contribution in [2.24, 2.45) is 0 Å². The highest BCUT2D eigenvalue weighted by atomic mass is 32.2. The van der Waals surface area contributed by atoms with Crippen molar-refractivity contribution in [2.45, 2.75) is 18.2 Å². The van der Waals surface area contributed by atoms with Crippen molar-refractivity contribution in [3.8, 4) is 0 Å². The number of carbonyl (C=O) groups excluding carboxylic acids is 1. The molecule has 0 saturated carbocycles. The number of nitrogens with zero attached hydrogens (tertiary/aromatic N) is 1. The monoisotopic (exact) mass is 416 g/mol. The van der Waals surface area contributed by atoms with Crippen LogP contribution in [0.15, 0.2) is 58.8 Å². The topological polar surface area (TPSA) is 66.5 Å². The van der Waals surface area contributed by atoms with Gasteiger partial charge in [0.25, 0.3) is 15.9 Å². The number of nitrogens with one attached hydrogen (secondary N) is 1. The first-order chi connectivity index (χ1) is 13.3. The Morgan fingerprint density at radius 2 is 2.00 bits per heavy atom. The van der Waals surface area contributed by atoms with E-state index in [0.717, 1.165) is 11.6 Å². The van der Waals surface area contributed by atoms with Gasteiger partial charge in [-0.25, -0.2) is 12.8 Å². The number of hydrogen-bond acceptors (Lipinski definition) is 4. The van der Waals surface area contributed by atoms with E-state index in [2.05, 4.69) is 4.72 Å². The Balaban J connectivity index is 1.65. The van der Waals surface area contributed by atoms with Gasteiger partial charge in [0.1, 0.15) is 5.82 Å². The van der Waals surface area contributed by atoms with E-state index >= 15 is 0 Å².